The molecule has 1 amide bonds. The van der Waals surface area contributed by atoms with Crippen molar-refractivity contribution in [2.45, 2.75) is 142 Å². The molecule has 0 aliphatic carbocycles. The largest absolute Gasteiger partial charge is 0.464 e. The van der Waals surface area contributed by atoms with Crippen LogP contribution in [0.5, 0.6) is 0 Å². The van der Waals surface area contributed by atoms with E-state index in [9.17, 15) is 9.59 Å². The van der Waals surface area contributed by atoms with Gasteiger partial charge in [-0.1, -0.05) is 117 Å². The van der Waals surface area contributed by atoms with Crippen LogP contribution in [-0.2, 0) is 14.3 Å². The van der Waals surface area contributed by atoms with Gasteiger partial charge in [-0.3, -0.25) is 0 Å². The fourth-order valence-corrected chi connectivity index (χ4v) is 3.73. The van der Waals surface area contributed by atoms with Crippen LogP contribution in [0, 0.1) is 0 Å². The Bertz CT molecular complexity index is 414. The van der Waals surface area contributed by atoms with Crippen LogP contribution in [0.15, 0.2) is 0 Å². The van der Waals surface area contributed by atoms with E-state index in [1.165, 1.54) is 70.6 Å². The lowest BCUT2D eigenvalue weighted by molar-refractivity contribution is -0.146. The monoisotopic (exact) mass is 441 g/mol. The third-order valence-electron chi connectivity index (χ3n) is 5.69. The average molecular weight is 442 g/mol. The summed E-state index contributed by atoms with van der Waals surface area (Å²) in [5.41, 5.74) is 0. The molecule has 0 bridgehead atoms. The van der Waals surface area contributed by atoms with Crippen molar-refractivity contribution in [2.24, 2.45) is 0 Å². The van der Waals surface area contributed by atoms with E-state index in [-0.39, 0.29) is 5.97 Å². The molecule has 0 aromatic heterocycles. The molecule has 0 spiro atoms. The Morgan fingerprint density at radius 1 is 0.613 bits per heavy atom. The number of hydrogen-bond donors (Lipinski definition) is 1. The maximum atomic E-state index is 12.4. The first-order chi connectivity index (χ1) is 15.2. The average Bonchev–Trinajstić information content (AvgIpc) is 2.76. The number of alkyl carbamates (subject to hydrolysis) is 1. The van der Waals surface area contributed by atoms with Crippen molar-refractivity contribution in [3.05, 3.63) is 0 Å². The maximum Gasteiger partial charge on any atom is 0.407 e. The number of carbonyl (C=O) groups excluding carboxylic acids is 2. The van der Waals surface area contributed by atoms with Gasteiger partial charge in [-0.05, 0) is 19.8 Å². The van der Waals surface area contributed by atoms with E-state index in [1.807, 2.05) is 0 Å². The van der Waals surface area contributed by atoms with Gasteiger partial charge in [0.05, 0.1) is 13.2 Å². The lowest BCUT2D eigenvalue weighted by Gasteiger charge is -2.17. The van der Waals surface area contributed by atoms with Crippen LogP contribution in [0.2, 0.25) is 0 Å². The van der Waals surface area contributed by atoms with Gasteiger partial charge in [-0.25, -0.2) is 9.59 Å². The van der Waals surface area contributed by atoms with Crippen molar-refractivity contribution in [1.29, 1.82) is 0 Å². The zero-order chi connectivity index (χ0) is 23.0. The van der Waals surface area contributed by atoms with E-state index >= 15 is 0 Å². The molecule has 0 fully saturated rings. The highest BCUT2D eigenvalue weighted by molar-refractivity contribution is 5.81. The van der Waals surface area contributed by atoms with Gasteiger partial charge in [0.25, 0.3) is 0 Å². The minimum absolute atomic E-state index is 0.294. The van der Waals surface area contributed by atoms with Crippen molar-refractivity contribution in [2.75, 3.05) is 13.2 Å². The van der Waals surface area contributed by atoms with Gasteiger partial charge >= 0.3 is 12.1 Å². The molecule has 0 saturated carbocycles. The first-order valence-corrected chi connectivity index (χ1v) is 13.3. The Labute approximate surface area is 192 Å². The lowest BCUT2D eigenvalue weighted by atomic mass is 10.0. The summed E-state index contributed by atoms with van der Waals surface area (Å²) in [5.74, 6) is -0.330. The predicted molar refractivity (Wildman–Crippen MR) is 129 cm³/mol. The number of carbonyl (C=O) groups is 2. The second kappa shape index (κ2) is 23.4. The van der Waals surface area contributed by atoms with Crippen molar-refractivity contribution >= 4 is 12.1 Å². The number of rotatable bonds is 22. The highest BCUT2D eigenvalue weighted by Gasteiger charge is 2.22. The van der Waals surface area contributed by atoms with Gasteiger partial charge in [-0.2, -0.15) is 0 Å². The minimum atomic E-state index is -0.599. The van der Waals surface area contributed by atoms with Gasteiger partial charge in [0.2, 0.25) is 0 Å². The van der Waals surface area contributed by atoms with E-state index in [4.69, 9.17) is 9.47 Å². The van der Waals surface area contributed by atoms with Crippen LogP contribution >= 0.6 is 0 Å². The lowest BCUT2D eigenvalue weighted by Crippen LogP contribution is -2.42. The Kier molecular flexibility index (Phi) is 22.5. The molecule has 0 aromatic rings. The third-order valence-corrected chi connectivity index (χ3v) is 5.69. The normalized spacial score (nSPS) is 11.8. The molecule has 1 unspecified atom stereocenters. The van der Waals surface area contributed by atoms with Crippen LogP contribution < -0.4 is 5.32 Å². The Morgan fingerprint density at radius 2 is 1.06 bits per heavy atom. The molecule has 5 nitrogen and oxygen atoms in total. The zero-order valence-electron chi connectivity index (χ0n) is 20.9. The Balaban J connectivity index is 3.75. The van der Waals surface area contributed by atoms with Gasteiger partial charge in [0, 0.05) is 0 Å². The highest BCUT2D eigenvalue weighted by atomic mass is 16.6. The minimum Gasteiger partial charge on any atom is -0.464 e. The highest BCUT2D eigenvalue weighted by Crippen LogP contribution is 2.13. The molecule has 0 radical (unpaired) electrons. The number of unbranched alkanes of at least 4 members (excludes halogenated alkanes) is 15. The number of amides is 1. The van der Waals surface area contributed by atoms with Gasteiger partial charge < -0.3 is 14.8 Å². The molecular formula is C26H51NO4. The van der Waals surface area contributed by atoms with Crippen molar-refractivity contribution in [3.8, 4) is 0 Å². The summed E-state index contributed by atoms with van der Waals surface area (Å²) < 4.78 is 10.3. The number of nitrogens with one attached hydrogen (secondary N) is 1. The van der Waals surface area contributed by atoms with Gasteiger partial charge in [-0.15, -0.1) is 0 Å². The fraction of sp³-hybridized carbons (Fsp3) is 0.923. The standard InChI is InChI=1S/C26H51NO4/c1-4-7-9-11-12-13-14-15-16-17-18-19-21-23-31-25(28)24(22-20-10-8-5-2)27-26(29)30-6-3/h24H,4-23H2,1-3H3,(H,27,29). The number of hydrogen-bond acceptors (Lipinski definition) is 4. The summed E-state index contributed by atoms with van der Waals surface area (Å²) in [6.45, 7) is 6.90. The quantitative estimate of drug-likeness (QED) is 0.138. The second-order valence-corrected chi connectivity index (χ2v) is 8.68. The molecule has 184 valence electrons. The summed E-state index contributed by atoms with van der Waals surface area (Å²) in [6, 6.07) is -0.599. The molecule has 0 aromatic carbocycles. The molecule has 5 heteroatoms. The smallest absolute Gasteiger partial charge is 0.407 e. The Morgan fingerprint density at radius 3 is 1.55 bits per heavy atom. The molecule has 31 heavy (non-hydrogen) atoms. The molecule has 1 atom stereocenters. The van der Waals surface area contributed by atoms with E-state index < -0.39 is 12.1 Å². The second-order valence-electron chi connectivity index (χ2n) is 8.68. The van der Waals surface area contributed by atoms with Crippen molar-refractivity contribution in [1.82, 2.24) is 5.32 Å². The molecule has 0 aliphatic heterocycles. The molecule has 0 heterocycles. The van der Waals surface area contributed by atoms with Crippen molar-refractivity contribution in [3.63, 3.8) is 0 Å². The SMILES string of the molecule is CCCCCCCCCCCCCCCOC(=O)C(CCCCCC)NC(=O)OCC. The summed E-state index contributed by atoms with van der Waals surface area (Å²) in [5, 5.41) is 2.66. The number of ether oxygens (including phenoxy) is 2. The molecule has 1 N–H and O–H groups in total. The van der Waals surface area contributed by atoms with Crippen molar-refractivity contribution < 1.29 is 19.1 Å². The summed E-state index contributed by atoms with van der Waals surface area (Å²) >= 11 is 0. The number of esters is 1. The summed E-state index contributed by atoms with van der Waals surface area (Å²) in [6.07, 6.45) is 21.1. The van der Waals surface area contributed by atoms with Crippen LogP contribution in [0.1, 0.15) is 136 Å². The van der Waals surface area contributed by atoms with Crippen LogP contribution in [0.4, 0.5) is 4.79 Å². The summed E-state index contributed by atoms with van der Waals surface area (Å²) in [7, 11) is 0. The Hall–Kier alpha value is -1.26. The van der Waals surface area contributed by atoms with E-state index in [0.29, 0.717) is 19.6 Å². The van der Waals surface area contributed by atoms with E-state index in [1.54, 1.807) is 6.92 Å². The summed E-state index contributed by atoms with van der Waals surface area (Å²) in [4.78, 5) is 24.1. The van der Waals surface area contributed by atoms with Gasteiger partial charge in [0.1, 0.15) is 6.04 Å². The first-order valence-electron chi connectivity index (χ1n) is 13.3. The maximum absolute atomic E-state index is 12.4. The molecule has 0 saturated heterocycles. The predicted octanol–water partition coefficient (Wildman–Crippen LogP) is 7.71. The van der Waals surface area contributed by atoms with E-state index in [2.05, 4.69) is 19.2 Å². The third kappa shape index (κ3) is 20.4. The van der Waals surface area contributed by atoms with Crippen LogP contribution in [0.25, 0.3) is 0 Å². The van der Waals surface area contributed by atoms with Crippen LogP contribution in [0.3, 0.4) is 0 Å². The van der Waals surface area contributed by atoms with Gasteiger partial charge in [0.15, 0.2) is 0 Å². The molecule has 0 rings (SSSR count). The molecule has 0 aliphatic rings. The first kappa shape index (κ1) is 29.7. The molecular weight excluding hydrogens is 390 g/mol. The fourth-order valence-electron chi connectivity index (χ4n) is 3.73. The topological polar surface area (TPSA) is 64.6 Å². The zero-order valence-corrected chi connectivity index (χ0v) is 20.9. The van der Waals surface area contributed by atoms with E-state index in [0.717, 1.165) is 38.5 Å². The van der Waals surface area contributed by atoms with Crippen LogP contribution in [-0.4, -0.2) is 31.3 Å².